The van der Waals surface area contributed by atoms with Gasteiger partial charge in [0.25, 0.3) is 0 Å². The maximum atomic E-state index is 12.0. The van der Waals surface area contributed by atoms with Gasteiger partial charge in [-0.05, 0) is 12.8 Å². The highest BCUT2D eigenvalue weighted by Crippen LogP contribution is 2.09. The summed E-state index contributed by atoms with van der Waals surface area (Å²) in [4.78, 5) is 23.5. The molecule has 0 aromatic rings. The molecule has 0 saturated heterocycles. The van der Waals surface area contributed by atoms with E-state index in [1.165, 1.54) is 38.5 Å². The third-order valence-corrected chi connectivity index (χ3v) is 3.68. The second kappa shape index (κ2) is 16.2. The molecule has 0 bridgehead atoms. The Labute approximate surface area is 146 Å². The van der Waals surface area contributed by atoms with Gasteiger partial charge in [-0.2, -0.15) is 0 Å². The maximum Gasteiger partial charge on any atom is 0.408 e. The number of carbonyl (C=O) groups is 2. The Balaban J connectivity index is 3.83. The van der Waals surface area contributed by atoms with Gasteiger partial charge >= 0.3 is 12.1 Å². The lowest BCUT2D eigenvalue weighted by Crippen LogP contribution is -2.42. The Morgan fingerprint density at radius 2 is 1.58 bits per heavy atom. The number of ether oxygens (including phenoxy) is 2. The molecule has 0 aliphatic heterocycles. The molecule has 0 rings (SSSR count). The standard InChI is InChI=1S/C19H33NO4/c1-4-7-8-9-10-11-12-13-16-23-18(21)17(14-5-2)20-19(22)24-15-6-3/h3,17H,4-5,7-16H2,1-2H3,(H,20,22). The zero-order valence-electron chi connectivity index (χ0n) is 15.3. The van der Waals surface area contributed by atoms with Gasteiger partial charge in [-0.25, -0.2) is 9.59 Å². The van der Waals surface area contributed by atoms with E-state index in [1.54, 1.807) is 0 Å². The van der Waals surface area contributed by atoms with E-state index in [2.05, 4.69) is 18.2 Å². The summed E-state index contributed by atoms with van der Waals surface area (Å²) in [5, 5.41) is 2.50. The second-order valence-corrected chi connectivity index (χ2v) is 5.91. The van der Waals surface area contributed by atoms with Gasteiger partial charge in [0.05, 0.1) is 6.61 Å². The number of hydrogen-bond acceptors (Lipinski definition) is 4. The van der Waals surface area contributed by atoms with Gasteiger partial charge in [0.1, 0.15) is 6.04 Å². The van der Waals surface area contributed by atoms with E-state index in [4.69, 9.17) is 15.9 Å². The molecule has 1 amide bonds. The SMILES string of the molecule is C#CCOC(=O)NC(CCC)C(=O)OCCCCCCCCCC. The summed E-state index contributed by atoms with van der Waals surface area (Å²) in [6.45, 7) is 4.43. The Kier molecular flexibility index (Phi) is 15.0. The normalized spacial score (nSPS) is 11.4. The minimum atomic E-state index is -0.685. The highest BCUT2D eigenvalue weighted by atomic mass is 16.6. The van der Waals surface area contributed by atoms with Crippen LogP contribution in [0, 0.1) is 12.3 Å². The van der Waals surface area contributed by atoms with Crippen molar-refractivity contribution in [1.82, 2.24) is 5.32 Å². The van der Waals surface area contributed by atoms with Crippen molar-refractivity contribution in [3.63, 3.8) is 0 Å². The molecule has 5 heteroatoms. The van der Waals surface area contributed by atoms with Crippen LogP contribution in [-0.4, -0.2) is 31.3 Å². The fourth-order valence-electron chi connectivity index (χ4n) is 2.34. The van der Waals surface area contributed by atoms with Crippen LogP contribution in [0.25, 0.3) is 0 Å². The molecule has 5 nitrogen and oxygen atoms in total. The minimum Gasteiger partial charge on any atom is -0.464 e. The number of esters is 1. The predicted molar refractivity (Wildman–Crippen MR) is 95.6 cm³/mol. The molecule has 0 fully saturated rings. The van der Waals surface area contributed by atoms with Crippen molar-refractivity contribution in [3.8, 4) is 12.3 Å². The first-order valence-electron chi connectivity index (χ1n) is 9.19. The van der Waals surface area contributed by atoms with Gasteiger partial charge < -0.3 is 14.8 Å². The molecule has 1 unspecified atom stereocenters. The molecule has 1 N–H and O–H groups in total. The second-order valence-electron chi connectivity index (χ2n) is 5.91. The molecule has 0 heterocycles. The van der Waals surface area contributed by atoms with Crippen molar-refractivity contribution in [3.05, 3.63) is 0 Å². The van der Waals surface area contributed by atoms with E-state index in [-0.39, 0.29) is 6.61 Å². The molecule has 24 heavy (non-hydrogen) atoms. The fourth-order valence-corrected chi connectivity index (χ4v) is 2.34. The van der Waals surface area contributed by atoms with E-state index in [0.29, 0.717) is 13.0 Å². The van der Waals surface area contributed by atoms with Crippen molar-refractivity contribution in [1.29, 1.82) is 0 Å². The highest BCUT2D eigenvalue weighted by molar-refractivity contribution is 5.81. The highest BCUT2D eigenvalue weighted by Gasteiger charge is 2.21. The fraction of sp³-hybridized carbons (Fsp3) is 0.789. The van der Waals surface area contributed by atoms with E-state index >= 15 is 0 Å². The Morgan fingerprint density at radius 3 is 2.17 bits per heavy atom. The number of amides is 1. The van der Waals surface area contributed by atoms with Crippen LogP contribution >= 0.6 is 0 Å². The van der Waals surface area contributed by atoms with Gasteiger partial charge in [0, 0.05) is 0 Å². The summed E-state index contributed by atoms with van der Waals surface area (Å²) in [5.41, 5.74) is 0. The number of alkyl carbamates (subject to hydrolysis) is 1. The van der Waals surface area contributed by atoms with Crippen LogP contribution in [0.2, 0.25) is 0 Å². The quantitative estimate of drug-likeness (QED) is 0.293. The molecule has 0 aromatic heterocycles. The number of hydrogen-bond donors (Lipinski definition) is 1. The van der Waals surface area contributed by atoms with Crippen molar-refractivity contribution >= 4 is 12.1 Å². The van der Waals surface area contributed by atoms with Crippen LogP contribution < -0.4 is 5.32 Å². The van der Waals surface area contributed by atoms with Gasteiger partial charge in [-0.15, -0.1) is 6.42 Å². The molecule has 138 valence electrons. The summed E-state index contributed by atoms with van der Waals surface area (Å²) < 4.78 is 9.98. The summed E-state index contributed by atoms with van der Waals surface area (Å²) in [6.07, 6.45) is 15.1. The van der Waals surface area contributed by atoms with Crippen LogP contribution in [0.15, 0.2) is 0 Å². The van der Waals surface area contributed by atoms with Crippen LogP contribution in [-0.2, 0) is 14.3 Å². The number of nitrogens with one attached hydrogen (secondary N) is 1. The molecule has 0 radical (unpaired) electrons. The molecule has 0 saturated carbocycles. The maximum absolute atomic E-state index is 12.0. The monoisotopic (exact) mass is 339 g/mol. The Morgan fingerprint density at radius 1 is 0.958 bits per heavy atom. The average Bonchev–Trinajstić information content (AvgIpc) is 2.58. The average molecular weight is 339 g/mol. The van der Waals surface area contributed by atoms with Crippen molar-refractivity contribution in [2.24, 2.45) is 0 Å². The molecule has 0 aromatic carbocycles. The van der Waals surface area contributed by atoms with Gasteiger partial charge in [-0.3, -0.25) is 0 Å². The first-order chi connectivity index (χ1) is 11.7. The number of rotatable bonds is 14. The number of terminal acetylenes is 1. The van der Waals surface area contributed by atoms with Crippen LogP contribution in [0.4, 0.5) is 4.79 Å². The number of unbranched alkanes of at least 4 members (excludes halogenated alkanes) is 7. The molecule has 0 spiro atoms. The molecule has 1 atom stereocenters. The third kappa shape index (κ3) is 12.8. The summed E-state index contributed by atoms with van der Waals surface area (Å²) >= 11 is 0. The Bertz CT molecular complexity index is 376. The Hall–Kier alpha value is -1.70. The van der Waals surface area contributed by atoms with Gasteiger partial charge in [0.15, 0.2) is 6.61 Å². The first kappa shape index (κ1) is 22.3. The van der Waals surface area contributed by atoms with Crippen LogP contribution in [0.5, 0.6) is 0 Å². The topological polar surface area (TPSA) is 64.6 Å². The minimum absolute atomic E-state index is 0.113. The lowest BCUT2D eigenvalue weighted by molar-refractivity contribution is -0.146. The van der Waals surface area contributed by atoms with Gasteiger partial charge in [-0.1, -0.05) is 71.1 Å². The molecular formula is C19H33NO4. The van der Waals surface area contributed by atoms with E-state index in [9.17, 15) is 9.59 Å². The number of carbonyl (C=O) groups excluding carboxylic acids is 2. The molecule has 0 aliphatic rings. The molecular weight excluding hydrogens is 306 g/mol. The smallest absolute Gasteiger partial charge is 0.408 e. The van der Waals surface area contributed by atoms with Crippen molar-refractivity contribution < 1.29 is 19.1 Å². The zero-order valence-corrected chi connectivity index (χ0v) is 15.3. The molecule has 0 aliphatic carbocycles. The van der Waals surface area contributed by atoms with Crippen molar-refractivity contribution in [2.45, 2.75) is 84.1 Å². The zero-order chi connectivity index (χ0) is 18.0. The third-order valence-electron chi connectivity index (χ3n) is 3.68. The summed E-state index contributed by atoms with van der Waals surface area (Å²) in [7, 11) is 0. The van der Waals surface area contributed by atoms with Crippen molar-refractivity contribution in [2.75, 3.05) is 13.2 Å². The van der Waals surface area contributed by atoms with E-state index in [0.717, 1.165) is 19.3 Å². The predicted octanol–water partition coefficient (Wildman–Crippen LogP) is 4.20. The van der Waals surface area contributed by atoms with Gasteiger partial charge in [0.2, 0.25) is 0 Å². The van der Waals surface area contributed by atoms with Crippen LogP contribution in [0.1, 0.15) is 78.1 Å². The largest absolute Gasteiger partial charge is 0.464 e. The first-order valence-corrected chi connectivity index (χ1v) is 9.19. The lowest BCUT2D eigenvalue weighted by atomic mass is 10.1. The van der Waals surface area contributed by atoms with E-state index < -0.39 is 18.1 Å². The lowest BCUT2D eigenvalue weighted by Gasteiger charge is -2.16. The summed E-state index contributed by atoms with van der Waals surface area (Å²) in [5.74, 6) is 1.80. The van der Waals surface area contributed by atoms with E-state index in [1.807, 2.05) is 6.92 Å². The summed E-state index contributed by atoms with van der Waals surface area (Å²) in [6, 6.07) is -0.672. The van der Waals surface area contributed by atoms with Crippen LogP contribution in [0.3, 0.4) is 0 Å².